The first-order valence-corrected chi connectivity index (χ1v) is 7.65. The van der Waals surface area contributed by atoms with E-state index in [1.807, 2.05) is 4.90 Å². The summed E-state index contributed by atoms with van der Waals surface area (Å²) in [5, 5.41) is 3.29. The van der Waals surface area contributed by atoms with Crippen molar-refractivity contribution in [2.45, 2.75) is 33.1 Å². The number of nitrogens with zero attached hydrogens (tertiary/aromatic N) is 1. The Morgan fingerprint density at radius 2 is 1.79 bits per heavy atom. The number of hydrogen-bond acceptors (Lipinski definition) is 2. The normalized spacial score (nSPS) is 15.4. The van der Waals surface area contributed by atoms with Gasteiger partial charge in [-0.3, -0.25) is 4.79 Å². The summed E-state index contributed by atoms with van der Waals surface area (Å²) >= 11 is 3.49. The third kappa shape index (κ3) is 3.72. The number of rotatable bonds is 3. The predicted octanol–water partition coefficient (Wildman–Crippen LogP) is 3.49. The average Bonchev–Trinajstić information content (AvgIpc) is 2.38. The molecule has 1 aliphatic heterocycles. The Hall–Kier alpha value is -1.03. The molecule has 3 nitrogen and oxygen atoms in total. The maximum Gasteiger partial charge on any atom is 0.241 e. The van der Waals surface area contributed by atoms with Crippen molar-refractivity contribution in [3.63, 3.8) is 0 Å². The first-order chi connectivity index (χ1) is 9.08. The summed E-state index contributed by atoms with van der Waals surface area (Å²) in [7, 11) is 0. The molecule has 19 heavy (non-hydrogen) atoms. The zero-order valence-electron chi connectivity index (χ0n) is 11.6. The van der Waals surface area contributed by atoms with Gasteiger partial charge in [0.05, 0.1) is 6.54 Å². The number of benzene rings is 1. The molecule has 2 rings (SSSR count). The van der Waals surface area contributed by atoms with Crippen LogP contribution in [0.5, 0.6) is 0 Å². The second-order valence-electron chi connectivity index (χ2n) is 5.21. The quantitative estimate of drug-likeness (QED) is 0.923. The Kier molecular flexibility index (Phi) is 4.86. The van der Waals surface area contributed by atoms with Crippen molar-refractivity contribution >= 4 is 27.5 Å². The minimum Gasteiger partial charge on any atom is -0.376 e. The number of piperidine rings is 1. The van der Waals surface area contributed by atoms with Crippen molar-refractivity contribution in [1.82, 2.24) is 4.90 Å². The van der Waals surface area contributed by atoms with Gasteiger partial charge in [0.25, 0.3) is 0 Å². The van der Waals surface area contributed by atoms with E-state index in [0.29, 0.717) is 6.54 Å². The van der Waals surface area contributed by atoms with Gasteiger partial charge in [0, 0.05) is 23.2 Å². The molecule has 4 heteroatoms. The van der Waals surface area contributed by atoms with Crippen molar-refractivity contribution in [3.05, 3.63) is 27.7 Å². The van der Waals surface area contributed by atoms with Gasteiger partial charge in [0.15, 0.2) is 0 Å². The lowest BCUT2D eigenvalue weighted by molar-refractivity contribution is -0.130. The van der Waals surface area contributed by atoms with Crippen LogP contribution in [0.1, 0.15) is 30.4 Å². The zero-order chi connectivity index (χ0) is 13.8. The summed E-state index contributed by atoms with van der Waals surface area (Å²) in [6.07, 6.45) is 3.53. The second-order valence-corrected chi connectivity index (χ2v) is 6.13. The molecule has 1 saturated heterocycles. The van der Waals surface area contributed by atoms with Crippen LogP contribution in [0, 0.1) is 13.8 Å². The van der Waals surface area contributed by atoms with Crippen molar-refractivity contribution in [2.24, 2.45) is 0 Å². The van der Waals surface area contributed by atoms with E-state index in [9.17, 15) is 4.79 Å². The van der Waals surface area contributed by atoms with Gasteiger partial charge in [-0.2, -0.15) is 0 Å². The summed E-state index contributed by atoms with van der Waals surface area (Å²) in [6, 6.07) is 4.14. The van der Waals surface area contributed by atoms with Crippen molar-refractivity contribution in [2.75, 3.05) is 25.0 Å². The van der Waals surface area contributed by atoms with Crippen molar-refractivity contribution in [1.29, 1.82) is 0 Å². The summed E-state index contributed by atoms with van der Waals surface area (Å²) < 4.78 is 1.08. The SMILES string of the molecule is Cc1cc(Br)cc(C)c1NCC(=O)N1CCCCC1. The molecule has 0 spiro atoms. The van der Waals surface area contributed by atoms with Crippen LogP contribution in [-0.2, 0) is 4.79 Å². The van der Waals surface area contributed by atoms with Gasteiger partial charge in [-0.1, -0.05) is 15.9 Å². The lowest BCUT2D eigenvalue weighted by Crippen LogP contribution is -2.39. The maximum absolute atomic E-state index is 12.1. The number of halogens is 1. The van der Waals surface area contributed by atoms with Gasteiger partial charge < -0.3 is 10.2 Å². The lowest BCUT2D eigenvalue weighted by Gasteiger charge is -2.27. The molecule has 0 aromatic heterocycles. The number of aryl methyl sites for hydroxylation is 2. The highest BCUT2D eigenvalue weighted by Gasteiger charge is 2.16. The van der Waals surface area contributed by atoms with Crippen LogP contribution < -0.4 is 5.32 Å². The smallest absolute Gasteiger partial charge is 0.241 e. The van der Waals surface area contributed by atoms with Crippen molar-refractivity contribution in [3.8, 4) is 0 Å². The average molecular weight is 325 g/mol. The topological polar surface area (TPSA) is 32.3 Å². The minimum atomic E-state index is 0.210. The van der Waals surface area contributed by atoms with Crippen LogP contribution in [0.3, 0.4) is 0 Å². The standard InChI is InChI=1S/C15H21BrN2O/c1-11-8-13(16)9-12(2)15(11)17-10-14(19)18-6-4-3-5-7-18/h8-9,17H,3-7,10H2,1-2H3. The number of nitrogens with one attached hydrogen (secondary N) is 1. The highest BCUT2D eigenvalue weighted by atomic mass is 79.9. The van der Waals surface area contributed by atoms with E-state index in [4.69, 9.17) is 0 Å². The number of amides is 1. The van der Waals surface area contributed by atoms with Crippen molar-refractivity contribution < 1.29 is 4.79 Å². The van der Waals surface area contributed by atoms with Gasteiger partial charge in [0.2, 0.25) is 5.91 Å². The number of anilines is 1. The largest absolute Gasteiger partial charge is 0.376 e. The summed E-state index contributed by atoms with van der Waals surface area (Å²) in [6.45, 7) is 6.35. The molecule has 0 radical (unpaired) electrons. The number of likely N-dealkylation sites (tertiary alicyclic amines) is 1. The molecule has 1 fully saturated rings. The van der Waals surface area contributed by atoms with E-state index >= 15 is 0 Å². The van der Waals surface area contributed by atoms with E-state index in [2.05, 4.69) is 47.2 Å². The van der Waals surface area contributed by atoms with Crippen LogP contribution in [0.4, 0.5) is 5.69 Å². The molecule has 1 amide bonds. The molecule has 0 aliphatic carbocycles. The van der Waals surface area contributed by atoms with Crippen LogP contribution >= 0.6 is 15.9 Å². The molecular formula is C15H21BrN2O. The molecular weight excluding hydrogens is 304 g/mol. The van der Waals surface area contributed by atoms with Crippen LogP contribution in [0.25, 0.3) is 0 Å². The molecule has 1 heterocycles. The second kappa shape index (κ2) is 6.42. The monoisotopic (exact) mass is 324 g/mol. The van der Waals surface area contributed by atoms with Gasteiger partial charge >= 0.3 is 0 Å². The molecule has 1 aliphatic rings. The first kappa shape index (κ1) is 14.4. The van der Waals surface area contributed by atoms with Crippen LogP contribution in [0.15, 0.2) is 16.6 Å². The molecule has 104 valence electrons. The Bertz CT molecular complexity index is 444. The van der Waals surface area contributed by atoms with Crippen LogP contribution in [-0.4, -0.2) is 30.4 Å². The number of hydrogen-bond donors (Lipinski definition) is 1. The van der Waals surface area contributed by atoms with Gasteiger partial charge in [0.1, 0.15) is 0 Å². The van der Waals surface area contributed by atoms with Gasteiger partial charge in [-0.25, -0.2) is 0 Å². The Balaban J connectivity index is 1.96. The molecule has 0 saturated carbocycles. The van der Waals surface area contributed by atoms with Gasteiger partial charge in [-0.15, -0.1) is 0 Å². The Labute approximate surface area is 123 Å². The molecule has 1 N–H and O–H groups in total. The van der Waals surface area contributed by atoms with E-state index in [1.54, 1.807) is 0 Å². The van der Waals surface area contributed by atoms with E-state index in [-0.39, 0.29) is 5.91 Å². The van der Waals surface area contributed by atoms with E-state index in [1.165, 1.54) is 17.5 Å². The maximum atomic E-state index is 12.1. The lowest BCUT2D eigenvalue weighted by atomic mass is 10.1. The van der Waals surface area contributed by atoms with E-state index < -0.39 is 0 Å². The zero-order valence-corrected chi connectivity index (χ0v) is 13.2. The fourth-order valence-electron chi connectivity index (χ4n) is 2.61. The first-order valence-electron chi connectivity index (χ1n) is 6.86. The Morgan fingerprint density at radius 1 is 1.21 bits per heavy atom. The molecule has 0 atom stereocenters. The Morgan fingerprint density at radius 3 is 2.37 bits per heavy atom. The third-order valence-corrected chi connectivity index (χ3v) is 4.08. The number of carbonyl (C=O) groups is 1. The molecule has 0 unspecified atom stereocenters. The van der Waals surface area contributed by atoms with E-state index in [0.717, 1.165) is 36.1 Å². The fourth-order valence-corrected chi connectivity index (χ4v) is 3.30. The summed E-state index contributed by atoms with van der Waals surface area (Å²) in [5.74, 6) is 0.210. The highest BCUT2D eigenvalue weighted by molar-refractivity contribution is 9.10. The predicted molar refractivity (Wildman–Crippen MR) is 82.5 cm³/mol. The third-order valence-electron chi connectivity index (χ3n) is 3.62. The molecule has 1 aromatic carbocycles. The minimum absolute atomic E-state index is 0.210. The number of carbonyl (C=O) groups excluding carboxylic acids is 1. The van der Waals surface area contributed by atoms with Crippen LogP contribution in [0.2, 0.25) is 0 Å². The molecule has 0 bridgehead atoms. The highest BCUT2D eigenvalue weighted by Crippen LogP contribution is 2.25. The summed E-state index contributed by atoms with van der Waals surface area (Å²) in [5.41, 5.74) is 3.41. The summed E-state index contributed by atoms with van der Waals surface area (Å²) in [4.78, 5) is 14.1. The van der Waals surface area contributed by atoms with Gasteiger partial charge in [-0.05, 0) is 56.4 Å². The molecule has 1 aromatic rings. The fraction of sp³-hybridized carbons (Fsp3) is 0.533.